The minimum absolute atomic E-state index is 0.112. The molecule has 1 saturated carbocycles. The van der Waals surface area contributed by atoms with Crippen LogP contribution >= 0.6 is 8.03 Å². The van der Waals surface area contributed by atoms with E-state index in [-0.39, 0.29) is 22.9 Å². The van der Waals surface area contributed by atoms with E-state index in [0.29, 0.717) is 5.92 Å². The molecule has 1 aliphatic carbocycles. The van der Waals surface area contributed by atoms with Crippen molar-refractivity contribution in [3.8, 4) is 0 Å². The molecule has 0 amide bonds. The molecule has 1 aromatic rings. The highest BCUT2D eigenvalue weighted by Gasteiger charge is 2.33. The van der Waals surface area contributed by atoms with Crippen LogP contribution in [0, 0.1) is 5.92 Å². The molecule has 1 heterocycles. The van der Waals surface area contributed by atoms with E-state index in [1.54, 1.807) is 10.8 Å². The molecule has 1 unspecified atom stereocenters. The Hall–Kier alpha value is -1.13. The molecule has 1 aliphatic rings. The zero-order chi connectivity index (χ0) is 18.6. The van der Waals surface area contributed by atoms with Crippen molar-refractivity contribution in [1.29, 1.82) is 0 Å². The smallest absolute Gasteiger partial charge is 0.324 e. The van der Waals surface area contributed by atoms with Crippen molar-refractivity contribution < 1.29 is 9.09 Å². The summed E-state index contributed by atoms with van der Waals surface area (Å²) in [6, 6.07) is 1.50. The average molecular weight is 370 g/mol. The molecule has 0 saturated heterocycles. The highest BCUT2D eigenvalue weighted by Crippen LogP contribution is 2.44. The van der Waals surface area contributed by atoms with Crippen molar-refractivity contribution in [2.24, 2.45) is 5.92 Å². The van der Waals surface area contributed by atoms with Gasteiger partial charge < -0.3 is 4.52 Å². The SMILES string of the molecule is CCC(CC)[PH](=O)OC(C)(C)C[C@@H]1CC[C@@H](n2ccc(=O)[nH]c2=O)C1. The fourth-order valence-electron chi connectivity index (χ4n) is 3.92. The Morgan fingerprint density at radius 1 is 1.32 bits per heavy atom. The van der Waals surface area contributed by atoms with E-state index in [2.05, 4.69) is 18.8 Å². The standard InChI is InChI=1S/C18H31N2O4P/c1-5-15(6-2)25(23)24-18(3,4)12-13-7-8-14(11-13)20-10-9-16(21)19-17(20)22/h9-10,13-15,25H,5-8,11-12H2,1-4H3,(H,19,21,22)/t13-,14-/m1/s1. The van der Waals surface area contributed by atoms with E-state index in [1.807, 2.05) is 13.8 Å². The highest BCUT2D eigenvalue weighted by molar-refractivity contribution is 7.40. The Balaban J connectivity index is 1.96. The zero-order valence-electron chi connectivity index (χ0n) is 15.7. The highest BCUT2D eigenvalue weighted by atomic mass is 31.1. The summed E-state index contributed by atoms with van der Waals surface area (Å²) in [5.41, 5.74) is -0.974. The second-order valence-electron chi connectivity index (χ2n) is 7.75. The van der Waals surface area contributed by atoms with Crippen molar-refractivity contribution in [3.05, 3.63) is 33.1 Å². The van der Waals surface area contributed by atoms with Crippen LogP contribution in [0.25, 0.3) is 0 Å². The lowest BCUT2D eigenvalue weighted by molar-refractivity contribution is 0.0875. The minimum Gasteiger partial charge on any atom is -0.324 e. The third kappa shape index (κ3) is 5.42. The molecule has 7 heteroatoms. The van der Waals surface area contributed by atoms with E-state index in [0.717, 1.165) is 38.5 Å². The topological polar surface area (TPSA) is 81.2 Å². The van der Waals surface area contributed by atoms with E-state index in [4.69, 9.17) is 4.52 Å². The number of rotatable bonds is 8. The quantitative estimate of drug-likeness (QED) is 0.707. The van der Waals surface area contributed by atoms with Gasteiger partial charge in [0.1, 0.15) is 0 Å². The summed E-state index contributed by atoms with van der Waals surface area (Å²) in [4.78, 5) is 25.5. The van der Waals surface area contributed by atoms with Gasteiger partial charge in [-0.3, -0.25) is 18.9 Å². The van der Waals surface area contributed by atoms with Gasteiger partial charge in [0.15, 0.2) is 8.03 Å². The molecule has 1 N–H and O–H groups in total. The van der Waals surface area contributed by atoms with Crippen LogP contribution in [-0.2, 0) is 9.09 Å². The van der Waals surface area contributed by atoms with Crippen molar-refractivity contribution in [2.75, 3.05) is 0 Å². The van der Waals surface area contributed by atoms with Gasteiger partial charge in [-0.25, -0.2) is 4.79 Å². The first-order valence-corrected chi connectivity index (χ1v) is 10.7. The average Bonchev–Trinajstić information content (AvgIpc) is 2.95. The van der Waals surface area contributed by atoms with E-state index in [1.165, 1.54) is 6.07 Å². The fraction of sp³-hybridized carbons (Fsp3) is 0.778. The fourth-order valence-corrected chi connectivity index (χ4v) is 5.38. The molecule has 0 bridgehead atoms. The van der Waals surface area contributed by atoms with Gasteiger partial charge in [0.25, 0.3) is 5.56 Å². The van der Waals surface area contributed by atoms with Crippen molar-refractivity contribution in [3.63, 3.8) is 0 Å². The maximum Gasteiger partial charge on any atom is 0.328 e. The Labute approximate surface area is 149 Å². The van der Waals surface area contributed by atoms with Gasteiger partial charge in [0.2, 0.25) is 0 Å². The lowest BCUT2D eigenvalue weighted by atomic mass is 9.92. The molecule has 3 atom stereocenters. The monoisotopic (exact) mass is 370 g/mol. The normalized spacial score (nSPS) is 22.4. The van der Waals surface area contributed by atoms with Gasteiger partial charge in [-0.1, -0.05) is 13.8 Å². The number of nitrogens with one attached hydrogen (secondary N) is 1. The summed E-state index contributed by atoms with van der Waals surface area (Å²) in [6.07, 6.45) is 6.98. The zero-order valence-corrected chi connectivity index (χ0v) is 16.7. The molecule has 142 valence electrons. The van der Waals surface area contributed by atoms with E-state index >= 15 is 0 Å². The van der Waals surface area contributed by atoms with Gasteiger partial charge in [-0.05, 0) is 58.3 Å². The summed E-state index contributed by atoms with van der Waals surface area (Å²) in [6.45, 7) is 8.13. The first-order valence-electron chi connectivity index (χ1n) is 9.30. The number of hydrogen-bond donors (Lipinski definition) is 1. The maximum atomic E-state index is 12.4. The predicted molar refractivity (Wildman–Crippen MR) is 101 cm³/mol. The van der Waals surface area contributed by atoms with Crippen molar-refractivity contribution >= 4 is 8.03 Å². The third-order valence-electron chi connectivity index (χ3n) is 5.23. The Kier molecular flexibility index (Phi) is 6.86. The summed E-state index contributed by atoms with van der Waals surface area (Å²) >= 11 is 0. The van der Waals surface area contributed by atoms with Crippen LogP contribution in [-0.4, -0.2) is 20.8 Å². The first-order chi connectivity index (χ1) is 11.8. The molecule has 25 heavy (non-hydrogen) atoms. The van der Waals surface area contributed by atoms with Gasteiger partial charge in [0, 0.05) is 24.0 Å². The molecule has 0 aromatic carbocycles. The Morgan fingerprint density at radius 2 is 2.00 bits per heavy atom. The summed E-state index contributed by atoms with van der Waals surface area (Å²) in [5.74, 6) is 0.426. The molecule has 1 fully saturated rings. The molecular weight excluding hydrogens is 339 g/mol. The molecule has 6 nitrogen and oxygen atoms in total. The van der Waals surface area contributed by atoms with Crippen LogP contribution in [0.4, 0.5) is 0 Å². The van der Waals surface area contributed by atoms with E-state index < -0.39 is 13.6 Å². The largest absolute Gasteiger partial charge is 0.328 e. The minimum atomic E-state index is -2.05. The second kappa shape index (κ2) is 8.50. The summed E-state index contributed by atoms with van der Waals surface area (Å²) < 4.78 is 20.0. The Morgan fingerprint density at radius 3 is 2.60 bits per heavy atom. The van der Waals surface area contributed by atoms with Crippen LogP contribution < -0.4 is 11.2 Å². The van der Waals surface area contributed by atoms with Crippen molar-refractivity contribution in [1.82, 2.24) is 9.55 Å². The van der Waals surface area contributed by atoms with Gasteiger partial charge in [-0.15, -0.1) is 0 Å². The number of nitrogens with zero attached hydrogens (tertiary/aromatic N) is 1. The van der Waals surface area contributed by atoms with Crippen LogP contribution in [0.1, 0.15) is 72.3 Å². The number of H-pyrrole nitrogens is 1. The lowest BCUT2D eigenvalue weighted by Crippen LogP contribution is -2.31. The molecule has 1 aromatic heterocycles. The first kappa shape index (κ1) is 20.2. The summed E-state index contributed by atoms with van der Waals surface area (Å²) in [5, 5.41) is 0. The second-order valence-corrected chi connectivity index (χ2v) is 9.41. The molecule has 0 aliphatic heterocycles. The van der Waals surface area contributed by atoms with Gasteiger partial charge in [-0.2, -0.15) is 0 Å². The van der Waals surface area contributed by atoms with Crippen LogP contribution in [0.5, 0.6) is 0 Å². The third-order valence-corrected chi connectivity index (χ3v) is 7.47. The van der Waals surface area contributed by atoms with Gasteiger partial charge >= 0.3 is 5.69 Å². The summed E-state index contributed by atoms with van der Waals surface area (Å²) in [7, 11) is -2.05. The van der Waals surface area contributed by atoms with Crippen LogP contribution in [0.2, 0.25) is 0 Å². The molecule has 0 spiro atoms. The van der Waals surface area contributed by atoms with Crippen molar-refractivity contribution in [2.45, 2.75) is 83.5 Å². The van der Waals surface area contributed by atoms with Crippen LogP contribution in [0.3, 0.4) is 0 Å². The number of aromatic nitrogens is 2. The lowest BCUT2D eigenvalue weighted by Gasteiger charge is -2.29. The number of aromatic amines is 1. The molecule has 2 rings (SSSR count). The van der Waals surface area contributed by atoms with Gasteiger partial charge in [0.05, 0.1) is 5.60 Å². The molecule has 0 radical (unpaired) electrons. The molecular formula is C18H31N2O4P. The maximum absolute atomic E-state index is 12.4. The van der Waals surface area contributed by atoms with Crippen LogP contribution in [0.15, 0.2) is 21.9 Å². The predicted octanol–water partition coefficient (Wildman–Crippen LogP) is 3.73. The Bertz CT molecular complexity index is 706. The van der Waals surface area contributed by atoms with E-state index in [9.17, 15) is 14.2 Å². The number of hydrogen-bond acceptors (Lipinski definition) is 4.